The molecule has 2 N–H and O–H groups in total. The van der Waals surface area contributed by atoms with Crippen LogP contribution in [-0.4, -0.2) is 34.1 Å². The van der Waals surface area contributed by atoms with Crippen molar-refractivity contribution in [3.05, 3.63) is 56.2 Å². The summed E-state index contributed by atoms with van der Waals surface area (Å²) in [5, 5.41) is 0. The number of ketones is 1. The number of aryl methyl sites for hydroxylation is 1. The molecule has 1 heterocycles. The molecule has 0 fully saturated rings. The number of benzene rings is 1. The zero-order valence-electron chi connectivity index (χ0n) is 18.3. The minimum absolute atomic E-state index is 0.0394. The van der Waals surface area contributed by atoms with E-state index in [1.807, 2.05) is 45.0 Å². The van der Waals surface area contributed by atoms with E-state index in [0.717, 1.165) is 10.1 Å². The van der Waals surface area contributed by atoms with Gasteiger partial charge in [0.2, 0.25) is 5.78 Å². The second-order valence-electron chi connectivity index (χ2n) is 7.54. The van der Waals surface area contributed by atoms with Gasteiger partial charge in [0.05, 0.1) is 6.61 Å². The summed E-state index contributed by atoms with van der Waals surface area (Å²) in [5.74, 6) is -0.798. The first-order valence-corrected chi connectivity index (χ1v) is 10.2. The van der Waals surface area contributed by atoms with E-state index in [9.17, 15) is 19.2 Å². The molecule has 0 unspecified atom stereocenters. The Labute approximate surface area is 180 Å². The van der Waals surface area contributed by atoms with Crippen molar-refractivity contribution in [3.63, 3.8) is 0 Å². The van der Waals surface area contributed by atoms with Crippen LogP contribution < -0.4 is 21.7 Å². The van der Waals surface area contributed by atoms with Crippen molar-refractivity contribution in [2.75, 3.05) is 18.9 Å². The molecule has 2 rings (SSSR count). The van der Waals surface area contributed by atoms with Gasteiger partial charge >= 0.3 is 11.7 Å². The number of nitrogens with zero attached hydrogens (tertiary/aromatic N) is 2. The molecule has 2 aromatic rings. The van der Waals surface area contributed by atoms with Gasteiger partial charge in [-0.15, -0.1) is 0 Å². The SMILES string of the molecule is CCOc1ccccc1CCC(=O)OCC(=O)c1c(N)n(CC(C)C)c(=O)n(C)c1=O. The highest BCUT2D eigenvalue weighted by Gasteiger charge is 2.23. The van der Waals surface area contributed by atoms with Crippen LogP contribution in [0.2, 0.25) is 0 Å². The quantitative estimate of drug-likeness (QED) is 0.447. The first-order chi connectivity index (χ1) is 14.7. The third kappa shape index (κ3) is 5.84. The summed E-state index contributed by atoms with van der Waals surface area (Å²) in [5.41, 5.74) is 5.06. The van der Waals surface area contributed by atoms with Crippen LogP contribution in [-0.2, 0) is 29.5 Å². The number of hydrogen-bond donors (Lipinski definition) is 1. The fraction of sp³-hybridized carbons (Fsp3) is 0.455. The minimum Gasteiger partial charge on any atom is -0.494 e. The van der Waals surface area contributed by atoms with Crippen molar-refractivity contribution < 1.29 is 19.1 Å². The first kappa shape index (κ1) is 23.9. The van der Waals surface area contributed by atoms with E-state index in [2.05, 4.69) is 0 Å². The summed E-state index contributed by atoms with van der Waals surface area (Å²) in [6, 6.07) is 7.36. The third-order valence-corrected chi connectivity index (χ3v) is 4.64. The van der Waals surface area contributed by atoms with Gasteiger partial charge in [-0.05, 0) is 30.9 Å². The van der Waals surface area contributed by atoms with Crippen LogP contribution in [0, 0.1) is 5.92 Å². The molecular formula is C22H29N3O6. The van der Waals surface area contributed by atoms with Crippen molar-refractivity contribution in [1.29, 1.82) is 0 Å². The Morgan fingerprint density at radius 2 is 1.84 bits per heavy atom. The van der Waals surface area contributed by atoms with Gasteiger partial charge in [0.25, 0.3) is 5.56 Å². The number of carbonyl (C=O) groups excluding carboxylic acids is 2. The molecule has 31 heavy (non-hydrogen) atoms. The van der Waals surface area contributed by atoms with Crippen LogP contribution >= 0.6 is 0 Å². The predicted octanol–water partition coefficient (Wildman–Crippen LogP) is 1.54. The van der Waals surface area contributed by atoms with Gasteiger partial charge in [-0.1, -0.05) is 32.0 Å². The number of anilines is 1. The number of para-hydroxylation sites is 1. The maximum Gasteiger partial charge on any atom is 0.332 e. The molecule has 0 amide bonds. The van der Waals surface area contributed by atoms with E-state index in [0.29, 0.717) is 18.8 Å². The molecule has 0 radical (unpaired) electrons. The van der Waals surface area contributed by atoms with Crippen LogP contribution in [0.4, 0.5) is 5.82 Å². The lowest BCUT2D eigenvalue weighted by Gasteiger charge is -2.16. The third-order valence-electron chi connectivity index (χ3n) is 4.64. The monoisotopic (exact) mass is 431 g/mol. The lowest BCUT2D eigenvalue weighted by atomic mass is 10.1. The highest BCUT2D eigenvalue weighted by molar-refractivity contribution is 6.01. The topological polar surface area (TPSA) is 123 Å². The Morgan fingerprint density at radius 3 is 2.48 bits per heavy atom. The van der Waals surface area contributed by atoms with Gasteiger partial charge in [-0.3, -0.25) is 23.5 Å². The largest absolute Gasteiger partial charge is 0.494 e. The van der Waals surface area contributed by atoms with E-state index < -0.39 is 29.6 Å². The van der Waals surface area contributed by atoms with Crippen molar-refractivity contribution in [3.8, 4) is 5.75 Å². The molecule has 1 aromatic heterocycles. The number of carbonyl (C=O) groups is 2. The molecular weight excluding hydrogens is 402 g/mol. The molecule has 0 aliphatic carbocycles. The van der Waals surface area contributed by atoms with Crippen LogP contribution in [0.1, 0.15) is 43.1 Å². The standard InChI is InChI=1S/C22H29N3O6/c1-5-30-17-9-7-6-8-15(17)10-11-18(27)31-13-16(26)19-20(23)25(12-14(2)3)22(29)24(4)21(19)28/h6-9,14H,5,10-13,23H2,1-4H3. The normalized spacial score (nSPS) is 10.9. The van der Waals surface area contributed by atoms with Crippen molar-refractivity contribution in [1.82, 2.24) is 9.13 Å². The zero-order valence-corrected chi connectivity index (χ0v) is 18.3. The average Bonchev–Trinajstić information content (AvgIpc) is 2.73. The summed E-state index contributed by atoms with van der Waals surface area (Å²) in [6.45, 7) is 5.75. The van der Waals surface area contributed by atoms with E-state index >= 15 is 0 Å². The first-order valence-electron chi connectivity index (χ1n) is 10.2. The smallest absolute Gasteiger partial charge is 0.332 e. The Balaban J connectivity index is 2.09. The summed E-state index contributed by atoms with van der Waals surface area (Å²) >= 11 is 0. The van der Waals surface area contributed by atoms with E-state index in [1.165, 1.54) is 11.6 Å². The van der Waals surface area contributed by atoms with Crippen molar-refractivity contribution >= 4 is 17.6 Å². The highest BCUT2D eigenvalue weighted by atomic mass is 16.5. The van der Waals surface area contributed by atoms with Crippen LogP contribution in [0.5, 0.6) is 5.75 Å². The number of Topliss-reactive ketones (excluding diaryl/α,β-unsaturated/α-hetero) is 1. The van der Waals surface area contributed by atoms with Crippen LogP contribution in [0.3, 0.4) is 0 Å². The number of nitrogen functional groups attached to an aromatic ring is 1. The molecule has 0 atom stereocenters. The predicted molar refractivity (Wildman–Crippen MR) is 116 cm³/mol. The number of nitrogens with two attached hydrogens (primary N) is 1. The Hall–Kier alpha value is -3.36. The van der Waals surface area contributed by atoms with Gasteiger partial charge in [-0.25, -0.2) is 4.79 Å². The maximum atomic E-state index is 12.6. The summed E-state index contributed by atoms with van der Waals surface area (Å²) in [7, 11) is 1.28. The molecule has 1 aromatic carbocycles. The maximum absolute atomic E-state index is 12.6. The summed E-state index contributed by atoms with van der Waals surface area (Å²) in [4.78, 5) is 49.5. The average molecular weight is 431 g/mol. The van der Waals surface area contributed by atoms with Gasteiger partial charge in [0.1, 0.15) is 17.1 Å². The molecule has 0 spiro atoms. The molecule has 0 aliphatic heterocycles. The van der Waals surface area contributed by atoms with Gasteiger partial charge < -0.3 is 15.2 Å². The second-order valence-corrected chi connectivity index (χ2v) is 7.54. The molecule has 0 saturated heterocycles. The molecule has 9 nitrogen and oxygen atoms in total. The highest BCUT2D eigenvalue weighted by Crippen LogP contribution is 2.19. The molecule has 9 heteroatoms. The van der Waals surface area contributed by atoms with E-state index in [-0.39, 0.29) is 30.3 Å². The Bertz CT molecular complexity index is 1070. The number of ether oxygens (including phenoxy) is 2. The van der Waals surface area contributed by atoms with Gasteiger partial charge in [0.15, 0.2) is 6.61 Å². The number of rotatable bonds is 10. The van der Waals surface area contributed by atoms with Gasteiger partial charge in [-0.2, -0.15) is 0 Å². The lowest BCUT2D eigenvalue weighted by molar-refractivity contribution is -0.142. The Morgan fingerprint density at radius 1 is 1.16 bits per heavy atom. The molecule has 0 saturated carbocycles. The summed E-state index contributed by atoms with van der Waals surface area (Å²) in [6.07, 6.45) is 0.421. The number of esters is 1. The molecule has 0 bridgehead atoms. The fourth-order valence-corrected chi connectivity index (χ4v) is 3.12. The lowest BCUT2D eigenvalue weighted by Crippen LogP contribution is -2.43. The fourth-order valence-electron chi connectivity index (χ4n) is 3.12. The molecule has 168 valence electrons. The van der Waals surface area contributed by atoms with Crippen molar-refractivity contribution in [2.24, 2.45) is 13.0 Å². The Kier molecular flexibility index (Phi) is 8.18. The van der Waals surface area contributed by atoms with Crippen LogP contribution in [0.25, 0.3) is 0 Å². The number of aromatic nitrogens is 2. The number of hydrogen-bond acceptors (Lipinski definition) is 7. The minimum atomic E-state index is -0.811. The van der Waals surface area contributed by atoms with E-state index in [1.54, 1.807) is 0 Å². The molecule has 0 aliphatic rings. The zero-order chi connectivity index (χ0) is 23.1. The van der Waals surface area contributed by atoms with Crippen molar-refractivity contribution in [2.45, 2.75) is 40.2 Å². The second kappa shape index (κ2) is 10.6. The van der Waals surface area contributed by atoms with E-state index in [4.69, 9.17) is 15.2 Å². The van der Waals surface area contributed by atoms with Crippen LogP contribution in [0.15, 0.2) is 33.9 Å². The van der Waals surface area contributed by atoms with Gasteiger partial charge in [0, 0.05) is 20.0 Å². The summed E-state index contributed by atoms with van der Waals surface area (Å²) < 4.78 is 12.6.